The molecule has 8 aromatic rings. The molecule has 1 N–H and O–H groups in total. The van der Waals surface area contributed by atoms with Crippen LogP contribution < -0.4 is 5.32 Å². The lowest BCUT2D eigenvalue weighted by Crippen LogP contribution is -2.28. The van der Waals surface area contributed by atoms with Gasteiger partial charge in [0.05, 0.1) is 10.8 Å². The summed E-state index contributed by atoms with van der Waals surface area (Å²) in [5.74, 6) is 0. The lowest BCUT2D eigenvalue weighted by atomic mass is 9.67. The molecule has 10 rings (SSSR count). The Morgan fingerprint density at radius 3 is 1.27 bits per heavy atom. The minimum atomic E-state index is -2.33. The molecule has 0 fully saturated rings. The van der Waals surface area contributed by atoms with E-state index in [0.717, 1.165) is 50.3 Å². The van der Waals surface area contributed by atoms with Crippen LogP contribution in [0.25, 0.3) is 22.3 Å². The smallest absolute Gasteiger partial charge is 0.0714 e. The first-order valence-electron chi connectivity index (χ1n) is 19.4. The van der Waals surface area contributed by atoms with Crippen molar-refractivity contribution in [2.45, 2.75) is 17.7 Å². The summed E-state index contributed by atoms with van der Waals surface area (Å²) < 4.78 is 26.0. The Kier molecular flexibility index (Phi) is 6.21. The van der Waals surface area contributed by atoms with E-state index in [1.807, 2.05) is 12.1 Å². The first kappa shape index (κ1) is 27.3. The summed E-state index contributed by atoms with van der Waals surface area (Å²) in [6, 6.07) is 70.3. The third-order valence-electron chi connectivity index (χ3n) is 11.3. The molecule has 0 saturated carbocycles. The van der Waals surface area contributed by atoms with Crippen molar-refractivity contribution >= 4 is 11.4 Å². The number of hydrogen-bond acceptors (Lipinski definition) is 1. The standard InChI is InChI=1S/C51H37N/c1-35-31-39(51(38-21-9-4-10-22-38)46-26-14-11-23-42(46)43-24-12-15-27-47(43)51)33-41(32-35)52-40-29-30-49-45(34-40)44-25-13-16-28-48(44)50(49,36-17-5-2-6-18-36)37-19-7-3-8-20-37/h2-34,52H,1H3/i1D3. The van der Waals surface area contributed by atoms with Gasteiger partial charge >= 0.3 is 0 Å². The molecule has 0 aromatic heterocycles. The van der Waals surface area contributed by atoms with E-state index in [0.29, 0.717) is 5.56 Å². The van der Waals surface area contributed by atoms with Crippen molar-refractivity contribution in [3.8, 4) is 22.3 Å². The average Bonchev–Trinajstić information content (AvgIpc) is 3.70. The van der Waals surface area contributed by atoms with Gasteiger partial charge in [-0.3, -0.25) is 0 Å². The zero-order chi connectivity index (χ0) is 37.2. The summed E-state index contributed by atoms with van der Waals surface area (Å²) in [5, 5.41) is 3.71. The van der Waals surface area contributed by atoms with Gasteiger partial charge < -0.3 is 5.32 Å². The molecule has 0 saturated heterocycles. The van der Waals surface area contributed by atoms with Gasteiger partial charge in [0.1, 0.15) is 0 Å². The molecule has 0 radical (unpaired) electrons. The summed E-state index contributed by atoms with van der Waals surface area (Å²) in [5.41, 5.74) is 14.5. The molecule has 8 aromatic carbocycles. The molecule has 246 valence electrons. The fraction of sp³-hybridized carbons (Fsp3) is 0.0588. The largest absolute Gasteiger partial charge is 0.355 e. The lowest BCUT2D eigenvalue weighted by molar-refractivity contribution is 0.767. The molecule has 0 heterocycles. The van der Waals surface area contributed by atoms with Crippen LogP contribution >= 0.6 is 0 Å². The second-order valence-corrected chi connectivity index (χ2v) is 13.9. The second kappa shape index (κ2) is 11.8. The van der Waals surface area contributed by atoms with E-state index in [9.17, 15) is 0 Å². The van der Waals surface area contributed by atoms with Crippen LogP contribution in [0.15, 0.2) is 200 Å². The van der Waals surface area contributed by atoms with Gasteiger partial charge in [-0.05, 0) is 103 Å². The van der Waals surface area contributed by atoms with Crippen LogP contribution in [0.1, 0.15) is 54.2 Å². The molecule has 2 aliphatic rings. The molecular weight excluding hydrogens is 627 g/mol. The molecule has 0 unspecified atom stereocenters. The van der Waals surface area contributed by atoms with Crippen LogP contribution in [0, 0.1) is 6.85 Å². The van der Waals surface area contributed by atoms with Crippen molar-refractivity contribution in [3.63, 3.8) is 0 Å². The highest BCUT2D eigenvalue weighted by atomic mass is 14.9. The molecule has 1 nitrogen and oxygen atoms in total. The topological polar surface area (TPSA) is 12.0 Å². The molecule has 0 spiro atoms. The highest BCUT2D eigenvalue weighted by Gasteiger charge is 2.47. The van der Waals surface area contributed by atoms with Gasteiger partial charge in [0.2, 0.25) is 0 Å². The summed E-state index contributed by atoms with van der Waals surface area (Å²) in [6.45, 7) is -2.33. The zero-order valence-corrected chi connectivity index (χ0v) is 28.6. The monoisotopic (exact) mass is 666 g/mol. The van der Waals surface area contributed by atoms with Gasteiger partial charge in [-0.1, -0.05) is 176 Å². The fourth-order valence-electron chi connectivity index (χ4n) is 9.32. The minimum absolute atomic E-state index is 0.295. The van der Waals surface area contributed by atoms with E-state index in [4.69, 9.17) is 4.11 Å². The number of anilines is 2. The number of benzene rings is 8. The van der Waals surface area contributed by atoms with Crippen LogP contribution in [0.5, 0.6) is 0 Å². The fourth-order valence-corrected chi connectivity index (χ4v) is 9.32. The summed E-state index contributed by atoms with van der Waals surface area (Å²) in [4.78, 5) is 0. The molecule has 0 amide bonds. The van der Waals surface area contributed by atoms with Gasteiger partial charge in [0.25, 0.3) is 0 Å². The predicted molar refractivity (Wildman–Crippen MR) is 216 cm³/mol. The molecule has 1 heteroatoms. The molecular formula is C51H37N. The molecule has 2 aliphatic carbocycles. The summed E-state index contributed by atoms with van der Waals surface area (Å²) in [6.07, 6.45) is 0. The van der Waals surface area contributed by atoms with Gasteiger partial charge in [0, 0.05) is 15.5 Å². The number of nitrogens with one attached hydrogen (secondary N) is 1. The highest BCUT2D eigenvalue weighted by molar-refractivity contribution is 5.89. The Morgan fingerprint density at radius 2 is 0.769 bits per heavy atom. The number of fused-ring (bicyclic) bond motifs is 6. The quantitative estimate of drug-likeness (QED) is 0.186. The van der Waals surface area contributed by atoms with E-state index in [2.05, 4.69) is 187 Å². The summed E-state index contributed by atoms with van der Waals surface area (Å²) >= 11 is 0. The van der Waals surface area contributed by atoms with Crippen LogP contribution in [0.4, 0.5) is 11.4 Å². The van der Waals surface area contributed by atoms with Crippen LogP contribution in [-0.4, -0.2) is 0 Å². The van der Waals surface area contributed by atoms with E-state index in [-0.39, 0.29) is 0 Å². The Labute approximate surface area is 310 Å². The van der Waals surface area contributed by atoms with Crippen molar-refractivity contribution < 1.29 is 4.11 Å². The zero-order valence-electron chi connectivity index (χ0n) is 31.6. The maximum absolute atomic E-state index is 8.67. The van der Waals surface area contributed by atoms with Gasteiger partial charge in [-0.2, -0.15) is 0 Å². The van der Waals surface area contributed by atoms with Crippen LogP contribution in [0.3, 0.4) is 0 Å². The van der Waals surface area contributed by atoms with Crippen molar-refractivity contribution in [2.24, 2.45) is 0 Å². The maximum atomic E-state index is 8.67. The average molecular weight is 667 g/mol. The normalized spacial score (nSPS) is 15.3. The van der Waals surface area contributed by atoms with Gasteiger partial charge in [0.15, 0.2) is 0 Å². The third-order valence-corrected chi connectivity index (χ3v) is 11.3. The second-order valence-electron chi connectivity index (χ2n) is 13.9. The third kappa shape index (κ3) is 4.29. The Balaban J connectivity index is 1.17. The Hall–Kier alpha value is -6.44. The van der Waals surface area contributed by atoms with Crippen LogP contribution in [-0.2, 0) is 10.8 Å². The van der Waals surface area contributed by atoms with E-state index < -0.39 is 17.7 Å². The highest BCUT2D eigenvalue weighted by Crippen LogP contribution is 2.58. The molecule has 0 bridgehead atoms. The summed E-state index contributed by atoms with van der Waals surface area (Å²) in [7, 11) is 0. The predicted octanol–water partition coefficient (Wildman–Crippen LogP) is 12.5. The van der Waals surface area contributed by atoms with Crippen LogP contribution in [0.2, 0.25) is 0 Å². The first-order valence-corrected chi connectivity index (χ1v) is 17.9. The number of aryl methyl sites for hydroxylation is 1. The van der Waals surface area contributed by atoms with Crippen molar-refractivity contribution in [1.29, 1.82) is 0 Å². The van der Waals surface area contributed by atoms with Crippen molar-refractivity contribution in [1.82, 2.24) is 0 Å². The molecule has 0 aliphatic heterocycles. The molecule has 52 heavy (non-hydrogen) atoms. The number of hydrogen-bond donors (Lipinski definition) is 1. The first-order chi connectivity index (χ1) is 26.9. The van der Waals surface area contributed by atoms with Gasteiger partial charge in [-0.15, -0.1) is 0 Å². The van der Waals surface area contributed by atoms with Crippen molar-refractivity contribution in [3.05, 3.63) is 250 Å². The maximum Gasteiger partial charge on any atom is 0.0714 e. The van der Waals surface area contributed by atoms with Crippen molar-refractivity contribution in [2.75, 3.05) is 5.32 Å². The number of rotatable bonds is 6. The minimum Gasteiger partial charge on any atom is -0.355 e. The van der Waals surface area contributed by atoms with Gasteiger partial charge in [-0.25, -0.2) is 0 Å². The van der Waals surface area contributed by atoms with E-state index in [1.54, 1.807) is 6.07 Å². The SMILES string of the molecule is [2H]C([2H])([2H])c1cc(Nc2ccc3c(c2)-c2ccccc2C3(c2ccccc2)c2ccccc2)cc(C2(c3ccccc3)c3ccccc3-c3ccccc32)c1. The van der Waals surface area contributed by atoms with E-state index >= 15 is 0 Å². The lowest BCUT2D eigenvalue weighted by Gasteiger charge is -2.34. The molecule has 0 atom stereocenters. The van der Waals surface area contributed by atoms with E-state index in [1.165, 1.54) is 27.8 Å². The Bertz CT molecular complexity index is 2630. The Morgan fingerprint density at radius 1 is 0.346 bits per heavy atom.